The van der Waals surface area contributed by atoms with Crippen LogP contribution in [0.2, 0.25) is 0 Å². The molecule has 1 fully saturated rings. The third-order valence-corrected chi connectivity index (χ3v) is 2.24. The van der Waals surface area contributed by atoms with E-state index in [1.807, 2.05) is 0 Å². The summed E-state index contributed by atoms with van der Waals surface area (Å²) in [6.45, 7) is -1.18. The Kier molecular flexibility index (Phi) is 4.46. The molecule has 1 rings (SSSR count). The van der Waals surface area contributed by atoms with E-state index in [4.69, 9.17) is 10.2 Å². The summed E-state index contributed by atoms with van der Waals surface area (Å²) in [4.78, 5) is 44.2. The zero-order valence-electron chi connectivity index (χ0n) is 9.38. The summed E-state index contributed by atoms with van der Waals surface area (Å²) >= 11 is 0. The SMILES string of the molecule is O=C(O)CN(CC(=O)O)C(=O)NC1CNC(=O)C1. The summed E-state index contributed by atoms with van der Waals surface area (Å²) in [6.07, 6.45) is 0.0969. The maximum absolute atomic E-state index is 11.6. The monoisotopic (exact) mass is 259 g/mol. The van der Waals surface area contributed by atoms with Crippen molar-refractivity contribution in [2.24, 2.45) is 0 Å². The van der Waals surface area contributed by atoms with Crippen molar-refractivity contribution in [1.82, 2.24) is 15.5 Å². The third kappa shape index (κ3) is 4.28. The minimum absolute atomic E-state index is 0.0969. The number of hydrogen-bond donors (Lipinski definition) is 4. The predicted molar refractivity (Wildman–Crippen MR) is 56.8 cm³/mol. The van der Waals surface area contributed by atoms with Crippen LogP contribution in [0.5, 0.6) is 0 Å². The number of urea groups is 1. The summed E-state index contributed by atoms with van der Waals surface area (Å²) in [7, 11) is 0. The molecule has 0 radical (unpaired) electrons. The molecule has 100 valence electrons. The summed E-state index contributed by atoms with van der Waals surface area (Å²) in [5.74, 6) is -2.85. The first-order chi connectivity index (χ1) is 8.38. The first-order valence-electron chi connectivity index (χ1n) is 5.14. The molecule has 0 aromatic carbocycles. The van der Waals surface area contributed by atoms with Gasteiger partial charge in [-0.3, -0.25) is 14.4 Å². The molecule has 0 aromatic rings. The molecule has 9 heteroatoms. The summed E-state index contributed by atoms with van der Waals surface area (Å²) in [6, 6.07) is -1.27. The molecule has 1 unspecified atom stereocenters. The third-order valence-electron chi connectivity index (χ3n) is 2.24. The Bertz CT molecular complexity index is 366. The Labute approximate surface area is 102 Å². The minimum atomic E-state index is -1.31. The van der Waals surface area contributed by atoms with Crippen LogP contribution in [0, 0.1) is 0 Å². The molecule has 3 amide bonds. The maximum Gasteiger partial charge on any atom is 0.323 e. The van der Waals surface area contributed by atoms with E-state index in [1.165, 1.54) is 0 Å². The van der Waals surface area contributed by atoms with Crippen LogP contribution in [-0.2, 0) is 14.4 Å². The van der Waals surface area contributed by atoms with Crippen molar-refractivity contribution in [3.05, 3.63) is 0 Å². The summed E-state index contributed by atoms with van der Waals surface area (Å²) < 4.78 is 0. The Morgan fingerprint density at radius 1 is 1.28 bits per heavy atom. The molecule has 1 heterocycles. The lowest BCUT2D eigenvalue weighted by molar-refractivity contribution is -0.140. The normalized spacial score (nSPS) is 18.0. The Hall–Kier alpha value is -2.32. The molecule has 1 saturated heterocycles. The van der Waals surface area contributed by atoms with Crippen molar-refractivity contribution < 1.29 is 29.4 Å². The number of aliphatic carboxylic acids is 2. The van der Waals surface area contributed by atoms with Gasteiger partial charge in [0.05, 0.1) is 6.04 Å². The molecule has 0 aliphatic carbocycles. The van der Waals surface area contributed by atoms with E-state index in [-0.39, 0.29) is 18.9 Å². The number of hydrogen-bond acceptors (Lipinski definition) is 4. The lowest BCUT2D eigenvalue weighted by atomic mass is 10.2. The van der Waals surface area contributed by atoms with E-state index in [0.717, 1.165) is 0 Å². The smallest absolute Gasteiger partial charge is 0.323 e. The zero-order valence-corrected chi connectivity index (χ0v) is 9.38. The Morgan fingerprint density at radius 3 is 2.22 bits per heavy atom. The first kappa shape index (κ1) is 13.7. The molecule has 0 aromatic heterocycles. The van der Waals surface area contributed by atoms with Crippen LogP contribution in [0.4, 0.5) is 4.79 Å². The van der Waals surface area contributed by atoms with Crippen molar-refractivity contribution in [2.75, 3.05) is 19.6 Å². The van der Waals surface area contributed by atoms with Gasteiger partial charge in [0, 0.05) is 13.0 Å². The van der Waals surface area contributed by atoms with Crippen molar-refractivity contribution in [2.45, 2.75) is 12.5 Å². The number of carbonyl (C=O) groups is 4. The molecule has 0 spiro atoms. The van der Waals surface area contributed by atoms with Gasteiger partial charge in [-0.05, 0) is 0 Å². The zero-order chi connectivity index (χ0) is 13.7. The number of nitrogens with zero attached hydrogens (tertiary/aromatic N) is 1. The van der Waals surface area contributed by atoms with Crippen LogP contribution < -0.4 is 10.6 Å². The number of amides is 3. The number of carboxylic acids is 2. The number of rotatable bonds is 5. The van der Waals surface area contributed by atoms with Gasteiger partial charge in [0.2, 0.25) is 5.91 Å². The second-order valence-corrected chi connectivity index (χ2v) is 3.80. The van der Waals surface area contributed by atoms with Crippen LogP contribution in [0.25, 0.3) is 0 Å². The van der Waals surface area contributed by atoms with E-state index >= 15 is 0 Å². The largest absolute Gasteiger partial charge is 0.480 e. The van der Waals surface area contributed by atoms with E-state index < -0.39 is 37.1 Å². The fourth-order valence-corrected chi connectivity index (χ4v) is 1.50. The van der Waals surface area contributed by atoms with Gasteiger partial charge < -0.3 is 25.7 Å². The number of carboxylic acid groups (broad SMARTS) is 2. The van der Waals surface area contributed by atoms with Crippen LogP contribution in [0.1, 0.15) is 6.42 Å². The van der Waals surface area contributed by atoms with Crippen LogP contribution in [0.15, 0.2) is 0 Å². The fraction of sp³-hybridized carbons (Fsp3) is 0.556. The Morgan fingerprint density at radius 2 is 1.83 bits per heavy atom. The predicted octanol–water partition coefficient (Wildman–Crippen LogP) is -1.94. The molecule has 1 aliphatic rings. The quantitative estimate of drug-likeness (QED) is 0.453. The highest BCUT2D eigenvalue weighted by atomic mass is 16.4. The molecule has 1 aliphatic heterocycles. The van der Waals surface area contributed by atoms with Crippen molar-refractivity contribution in [3.63, 3.8) is 0 Å². The van der Waals surface area contributed by atoms with Gasteiger partial charge in [-0.2, -0.15) is 0 Å². The summed E-state index contributed by atoms with van der Waals surface area (Å²) in [5.41, 5.74) is 0. The van der Waals surface area contributed by atoms with Gasteiger partial charge in [0.15, 0.2) is 0 Å². The summed E-state index contributed by atoms with van der Waals surface area (Å²) in [5, 5.41) is 22.0. The standard InChI is InChI=1S/C9H13N3O6/c13-6-1-5(2-10-6)11-9(18)12(3-7(14)15)4-8(16)17/h5H,1-4H2,(H,10,13)(H,11,18)(H,14,15)(H,16,17). The molecular formula is C9H13N3O6. The lowest BCUT2D eigenvalue weighted by Gasteiger charge is -2.21. The van der Waals surface area contributed by atoms with Crippen LogP contribution >= 0.6 is 0 Å². The maximum atomic E-state index is 11.6. The van der Waals surface area contributed by atoms with Gasteiger partial charge in [-0.15, -0.1) is 0 Å². The van der Waals surface area contributed by atoms with Crippen molar-refractivity contribution in [1.29, 1.82) is 0 Å². The topological polar surface area (TPSA) is 136 Å². The first-order valence-corrected chi connectivity index (χ1v) is 5.14. The fourth-order valence-electron chi connectivity index (χ4n) is 1.50. The molecule has 18 heavy (non-hydrogen) atoms. The molecule has 0 saturated carbocycles. The molecule has 0 bridgehead atoms. The lowest BCUT2D eigenvalue weighted by Crippen LogP contribution is -2.49. The number of carbonyl (C=O) groups excluding carboxylic acids is 2. The average Bonchev–Trinajstić information content (AvgIpc) is 2.61. The van der Waals surface area contributed by atoms with Crippen LogP contribution in [-0.4, -0.2) is 64.7 Å². The minimum Gasteiger partial charge on any atom is -0.480 e. The van der Waals surface area contributed by atoms with E-state index in [1.54, 1.807) is 0 Å². The van der Waals surface area contributed by atoms with Gasteiger partial charge in [0.25, 0.3) is 0 Å². The van der Waals surface area contributed by atoms with E-state index in [2.05, 4.69) is 10.6 Å². The highest BCUT2D eigenvalue weighted by Gasteiger charge is 2.26. The van der Waals surface area contributed by atoms with Gasteiger partial charge in [-0.1, -0.05) is 0 Å². The van der Waals surface area contributed by atoms with Gasteiger partial charge >= 0.3 is 18.0 Å². The van der Waals surface area contributed by atoms with E-state index in [9.17, 15) is 19.2 Å². The number of nitrogens with one attached hydrogen (secondary N) is 2. The van der Waals surface area contributed by atoms with Gasteiger partial charge in [0.1, 0.15) is 13.1 Å². The second kappa shape index (κ2) is 5.84. The highest BCUT2D eigenvalue weighted by Crippen LogP contribution is 2.00. The molecule has 1 atom stereocenters. The molecule has 9 nitrogen and oxygen atoms in total. The van der Waals surface area contributed by atoms with E-state index in [0.29, 0.717) is 4.90 Å². The molecule has 4 N–H and O–H groups in total. The van der Waals surface area contributed by atoms with Gasteiger partial charge in [-0.25, -0.2) is 4.79 Å². The van der Waals surface area contributed by atoms with Crippen LogP contribution in [0.3, 0.4) is 0 Å². The second-order valence-electron chi connectivity index (χ2n) is 3.80. The Balaban J connectivity index is 2.55. The average molecular weight is 259 g/mol. The highest BCUT2D eigenvalue weighted by molar-refractivity contribution is 5.85. The molecular weight excluding hydrogens is 246 g/mol. The van der Waals surface area contributed by atoms with Crippen molar-refractivity contribution in [3.8, 4) is 0 Å². The van der Waals surface area contributed by atoms with Crippen molar-refractivity contribution >= 4 is 23.9 Å².